The van der Waals surface area contributed by atoms with E-state index in [-0.39, 0.29) is 12.1 Å². The fourth-order valence-corrected chi connectivity index (χ4v) is 2.56. The molecule has 2 aromatic carbocycles. The van der Waals surface area contributed by atoms with Crippen LogP contribution in [-0.4, -0.2) is 15.6 Å². The zero-order valence-corrected chi connectivity index (χ0v) is 13.5. The summed E-state index contributed by atoms with van der Waals surface area (Å²) < 4.78 is 1.91. The van der Waals surface area contributed by atoms with Crippen molar-refractivity contribution in [3.8, 4) is 0 Å². The van der Waals surface area contributed by atoms with Crippen LogP contribution in [0.25, 0.3) is 0 Å². The molecule has 0 aliphatic rings. The Morgan fingerprint density at radius 2 is 1.75 bits per heavy atom. The van der Waals surface area contributed by atoms with Crippen molar-refractivity contribution in [3.05, 3.63) is 90.0 Å². The largest absolute Gasteiger partial charge is 0.336 e. The predicted molar refractivity (Wildman–Crippen MR) is 93.3 cm³/mol. The number of aryl methyl sites for hydroxylation is 1. The van der Waals surface area contributed by atoms with Gasteiger partial charge in [0.25, 0.3) is 0 Å². The van der Waals surface area contributed by atoms with Crippen molar-refractivity contribution >= 4 is 6.03 Å². The Balaban J connectivity index is 1.72. The van der Waals surface area contributed by atoms with Gasteiger partial charge in [-0.15, -0.1) is 0 Å². The van der Waals surface area contributed by atoms with Crippen LogP contribution in [0.1, 0.15) is 23.0 Å². The first-order valence-corrected chi connectivity index (χ1v) is 7.84. The number of benzene rings is 2. The summed E-state index contributed by atoms with van der Waals surface area (Å²) in [5.41, 5.74) is 2.04. The normalized spacial score (nSPS) is 11.7. The van der Waals surface area contributed by atoms with Crippen LogP contribution >= 0.6 is 0 Å². The Morgan fingerprint density at radius 1 is 1.08 bits per heavy atom. The number of hydrogen-bond donors (Lipinski definition) is 2. The van der Waals surface area contributed by atoms with Crippen molar-refractivity contribution < 1.29 is 4.79 Å². The molecule has 122 valence electrons. The van der Waals surface area contributed by atoms with Crippen molar-refractivity contribution in [1.82, 2.24) is 20.2 Å². The summed E-state index contributed by atoms with van der Waals surface area (Å²) >= 11 is 0. The van der Waals surface area contributed by atoms with E-state index in [0.29, 0.717) is 6.54 Å². The summed E-state index contributed by atoms with van der Waals surface area (Å²) in [5, 5.41) is 5.91. The van der Waals surface area contributed by atoms with Gasteiger partial charge >= 0.3 is 6.03 Å². The van der Waals surface area contributed by atoms with E-state index < -0.39 is 0 Å². The van der Waals surface area contributed by atoms with Crippen LogP contribution in [0.3, 0.4) is 0 Å². The average Bonchev–Trinajstić information content (AvgIpc) is 3.05. The van der Waals surface area contributed by atoms with Gasteiger partial charge in [0, 0.05) is 26.0 Å². The molecule has 0 bridgehead atoms. The van der Waals surface area contributed by atoms with Crippen molar-refractivity contribution in [1.29, 1.82) is 0 Å². The molecule has 3 aromatic rings. The third kappa shape index (κ3) is 3.81. The third-order valence-electron chi connectivity index (χ3n) is 3.82. The number of imidazole rings is 1. The maximum atomic E-state index is 12.3. The number of nitrogens with zero attached hydrogens (tertiary/aromatic N) is 2. The maximum Gasteiger partial charge on any atom is 0.315 e. The van der Waals surface area contributed by atoms with E-state index in [1.165, 1.54) is 0 Å². The van der Waals surface area contributed by atoms with Crippen molar-refractivity contribution in [2.45, 2.75) is 12.6 Å². The first kappa shape index (κ1) is 15.8. The van der Waals surface area contributed by atoms with E-state index in [2.05, 4.69) is 15.6 Å². The van der Waals surface area contributed by atoms with Gasteiger partial charge in [0.2, 0.25) is 0 Å². The van der Waals surface area contributed by atoms with E-state index in [9.17, 15) is 4.79 Å². The summed E-state index contributed by atoms with van der Waals surface area (Å²) in [5.74, 6) is 0.788. The van der Waals surface area contributed by atoms with Gasteiger partial charge in [0.05, 0.1) is 0 Å². The highest BCUT2D eigenvalue weighted by Gasteiger charge is 2.20. The standard InChI is InChI=1S/C19H20N4O/c1-23-13-12-20-18(23)17(16-10-6-3-7-11-16)22-19(24)21-14-15-8-4-2-5-9-15/h2-13,17H,14H2,1H3,(H2,21,22,24)/t17-/m1/s1. The zero-order valence-electron chi connectivity index (χ0n) is 13.5. The number of nitrogens with one attached hydrogen (secondary N) is 2. The number of hydrogen-bond acceptors (Lipinski definition) is 2. The van der Waals surface area contributed by atoms with Crippen molar-refractivity contribution in [3.63, 3.8) is 0 Å². The Bertz CT molecular complexity index is 783. The lowest BCUT2D eigenvalue weighted by molar-refractivity contribution is 0.237. The molecule has 0 aliphatic carbocycles. The van der Waals surface area contributed by atoms with E-state index in [4.69, 9.17) is 0 Å². The molecule has 0 unspecified atom stereocenters. The number of aromatic nitrogens is 2. The SMILES string of the molecule is Cn1ccnc1[C@H](NC(=O)NCc1ccccc1)c1ccccc1. The Morgan fingerprint density at radius 3 is 2.38 bits per heavy atom. The molecule has 0 saturated heterocycles. The first-order valence-electron chi connectivity index (χ1n) is 7.84. The highest BCUT2D eigenvalue weighted by atomic mass is 16.2. The molecular weight excluding hydrogens is 300 g/mol. The maximum absolute atomic E-state index is 12.3. The summed E-state index contributed by atoms with van der Waals surface area (Å²) in [6.07, 6.45) is 3.60. The fourth-order valence-electron chi connectivity index (χ4n) is 2.56. The van der Waals surface area contributed by atoms with Crippen LogP contribution in [0, 0.1) is 0 Å². The topological polar surface area (TPSA) is 59.0 Å². The minimum Gasteiger partial charge on any atom is -0.336 e. The second-order valence-electron chi connectivity index (χ2n) is 5.55. The molecule has 0 spiro atoms. The quantitative estimate of drug-likeness (QED) is 0.759. The van der Waals surface area contributed by atoms with Crippen molar-refractivity contribution in [2.24, 2.45) is 7.05 Å². The zero-order chi connectivity index (χ0) is 16.8. The lowest BCUT2D eigenvalue weighted by Gasteiger charge is -2.19. The van der Waals surface area contributed by atoms with Crippen LogP contribution < -0.4 is 10.6 Å². The average molecular weight is 320 g/mol. The van der Waals surface area contributed by atoms with Gasteiger partial charge in [-0.2, -0.15) is 0 Å². The lowest BCUT2D eigenvalue weighted by atomic mass is 10.1. The second kappa shape index (κ2) is 7.46. The molecule has 2 N–H and O–H groups in total. The number of carbonyl (C=O) groups is 1. The molecule has 1 heterocycles. The molecule has 5 nitrogen and oxygen atoms in total. The molecule has 24 heavy (non-hydrogen) atoms. The Labute approximate surface area is 141 Å². The molecule has 1 aromatic heterocycles. The van der Waals surface area contributed by atoms with Crippen molar-refractivity contribution in [2.75, 3.05) is 0 Å². The second-order valence-corrected chi connectivity index (χ2v) is 5.55. The van der Waals surface area contributed by atoms with Crippen LogP contribution in [0.2, 0.25) is 0 Å². The molecule has 0 aliphatic heterocycles. The minimum atomic E-state index is -0.304. The molecule has 0 fully saturated rings. The van der Waals surface area contributed by atoms with E-state index in [1.54, 1.807) is 6.20 Å². The summed E-state index contributed by atoms with van der Waals surface area (Å²) in [6, 6.07) is 19.1. The van der Waals surface area contributed by atoms with E-state index in [1.807, 2.05) is 78.5 Å². The predicted octanol–water partition coefficient (Wildman–Crippen LogP) is 3.01. The summed E-state index contributed by atoms with van der Waals surface area (Å²) in [4.78, 5) is 16.7. The van der Waals surface area contributed by atoms with Gasteiger partial charge in [0.1, 0.15) is 11.9 Å². The van der Waals surface area contributed by atoms with Crippen LogP contribution in [0.4, 0.5) is 4.79 Å². The van der Waals surface area contributed by atoms with Gasteiger partial charge in [-0.25, -0.2) is 9.78 Å². The summed E-state index contributed by atoms with van der Waals surface area (Å²) in [7, 11) is 1.92. The first-order chi connectivity index (χ1) is 11.7. The molecule has 0 saturated carbocycles. The number of rotatable bonds is 5. The van der Waals surface area contributed by atoms with Gasteiger partial charge in [0.15, 0.2) is 0 Å². The van der Waals surface area contributed by atoms with Crippen LogP contribution in [0.15, 0.2) is 73.1 Å². The third-order valence-corrected chi connectivity index (χ3v) is 3.82. The molecular formula is C19H20N4O. The van der Waals surface area contributed by atoms with Crippen LogP contribution in [0.5, 0.6) is 0 Å². The van der Waals surface area contributed by atoms with Gasteiger partial charge in [-0.05, 0) is 11.1 Å². The fraction of sp³-hybridized carbons (Fsp3) is 0.158. The Kier molecular flexibility index (Phi) is 4.91. The number of urea groups is 1. The molecule has 5 heteroatoms. The highest BCUT2D eigenvalue weighted by Crippen LogP contribution is 2.19. The lowest BCUT2D eigenvalue weighted by Crippen LogP contribution is -2.38. The molecule has 1 atom stereocenters. The van der Waals surface area contributed by atoms with Gasteiger partial charge < -0.3 is 15.2 Å². The van der Waals surface area contributed by atoms with Gasteiger partial charge in [-0.3, -0.25) is 0 Å². The highest BCUT2D eigenvalue weighted by molar-refractivity contribution is 5.74. The molecule has 3 rings (SSSR count). The molecule has 2 amide bonds. The smallest absolute Gasteiger partial charge is 0.315 e. The Hall–Kier alpha value is -3.08. The summed E-state index contributed by atoms with van der Waals surface area (Å²) in [6.45, 7) is 0.481. The van der Waals surface area contributed by atoms with E-state index in [0.717, 1.165) is 17.0 Å². The monoisotopic (exact) mass is 320 g/mol. The molecule has 0 radical (unpaired) electrons. The van der Waals surface area contributed by atoms with Gasteiger partial charge in [-0.1, -0.05) is 60.7 Å². The number of amides is 2. The minimum absolute atomic E-state index is 0.226. The number of carbonyl (C=O) groups excluding carboxylic acids is 1. The van der Waals surface area contributed by atoms with E-state index >= 15 is 0 Å². The van der Waals surface area contributed by atoms with Crippen LogP contribution in [-0.2, 0) is 13.6 Å².